The van der Waals surface area contributed by atoms with Crippen LogP contribution in [0.4, 0.5) is 18.9 Å². The van der Waals surface area contributed by atoms with Crippen molar-refractivity contribution < 1.29 is 17.9 Å². The van der Waals surface area contributed by atoms with Gasteiger partial charge in [0.05, 0.1) is 5.56 Å². The molecule has 0 atom stereocenters. The van der Waals surface area contributed by atoms with E-state index in [9.17, 15) is 13.2 Å². The Morgan fingerprint density at radius 2 is 2.06 bits per heavy atom. The molecule has 0 heterocycles. The highest BCUT2D eigenvalue weighted by atomic mass is 32.2. The number of ether oxygens (including phenoxy) is 1. The van der Waals surface area contributed by atoms with Gasteiger partial charge in [0, 0.05) is 30.1 Å². The van der Waals surface area contributed by atoms with Crippen LogP contribution < -0.4 is 5.73 Å². The molecule has 1 aromatic carbocycles. The highest BCUT2D eigenvalue weighted by Crippen LogP contribution is 2.36. The molecule has 1 aromatic rings. The molecule has 0 aliphatic heterocycles. The minimum atomic E-state index is -4.40. The lowest BCUT2D eigenvalue weighted by molar-refractivity contribution is -0.137. The maximum absolute atomic E-state index is 12.6. The van der Waals surface area contributed by atoms with Crippen molar-refractivity contribution in [1.82, 2.24) is 0 Å². The third-order valence-corrected chi connectivity index (χ3v) is 3.17. The van der Waals surface area contributed by atoms with Crippen molar-refractivity contribution in [3.63, 3.8) is 0 Å². The van der Waals surface area contributed by atoms with E-state index in [0.29, 0.717) is 11.5 Å². The molecule has 0 aliphatic rings. The van der Waals surface area contributed by atoms with E-state index in [-0.39, 0.29) is 5.69 Å². The number of thioether (sulfide) groups is 1. The van der Waals surface area contributed by atoms with Crippen LogP contribution in [-0.2, 0) is 10.9 Å². The fourth-order valence-corrected chi connectivity index (χ4v) is 2.13. The third kappa shape index (κ3) is 4.47. The second-order valence-electron chi connectivity index (χ2n) is 3.44. The lowest BCUT2D eigenvalue weighted by atomic mass is 10.2. The van der Waals surface area contributed by atoms with Gasteiger partial charge in [-0.2, -0.15) is 13.2 Å². The van der Waals surface area contributed by atoms with Crippen LogP contribution in [0.25, 0.3) is 0 Å². The first-order valence-electron chi connectivity index (χ1n) is 5.03. The zero-order chi connectivity index (χ0) is 12.9. The molecule has 0 saturated carbocycles. The quantitative estimate of drug-likeness (QED) is 0.503. The fourth-order valence-electron chi connectivity index (χ4n) is 1.26. The Morgan fingerprint density at radius 1 is 1.35 bits per heavy atom. The zero-order valence-electron chi connectivity index (χ0n) is 9.38. The first-order chi connectivity index (χ1) is 7.95. The molecule has 0 bridgehead atoms. The molecule has 2 nitrogen and oxygen atoms in total. The second kappa shape index (κ2) is 6.16. The van der Waals surface area contributed by atoms with Gasteiger partial charge in [0.25, 0.3) is 0 Å². The summed E-state index contributed by atoms with van der Waals surface area (Å²) >= 11 is 1.36. The summed E-state index contributed by atoms with van der Waals surface area (Å²) < 4.78 is 42.6. The molecule has 1 rings (SSSR count). The number of nitrogens with two attached hydrogens (primary N) is 1. The molecule has 0 saturated heterocycles. The van der Waals surface area contributed by atoms with E-state index in [4.69, 9.17) is 10.5 Å². The highest BCUT2D eigenvalue weighted by molar-refractivity contribution is 7.99. The number of rotatable bonds is 5. The van der Waals surface area contributed by atoms with Crippen LogP contribution in [0.5, 0.6) is 0 Å². The first kappa shape index (κ1) is 14.2. The molecule has 0 aliphatic carbocycles. The average Bonchev–Trinajstić information content (AvgIpc) is 2.25. The predicted octanol–water partition coefficient (Wildman–Crippen LogP) is 3.42. The van der Waals surface area contributed by atoms with E-state index in [1.807, 2.05) is 0 Å². The fraction of sp³-hybridized carbons (Fsp3) is 0.455. The minimum absolute atomic E-state index is 0.237. The van der Waals surface area contributed by atoms with E-state index in [1.165, 1.54) is 17.8 Å². The lowest BCUT2D eigenvalue weighted by Crippen LogP contribution is -2.08. The van der Waals surface area contributed by atoms with Crippen molar-refractivity contribution in [2.24, 2.45) is 0 Å². The average molecular weight is 265 g/mol. The van der Waals surface area contributed by atoms with Gasteiger partial charge in [-0.05, 0) is 24.6 Å². The number of anilines is 1. The summed E-state index contributed by atoms with van der Waals surface area (Å²) in [5.41, 5.74) is 4.30. The van der Waals surface area contributed by atoms with Gasteiger partial charge in [0.15, 0.2) is 0 Å². The number of benzene rings is 1. The molecule has 17 heavy (non-hydrogen) atoms. The molecule has 0 unspecified atom stereocenters. The van der Waals surface area contributed by atoms with E-state index in [0.717, 1.165) is 18.2 Å². The van der Waals surface area contributed by atoms with Gasteiger partial charge in [-0.1, -0.05) is 0 Å². The molecular formula is C11H14F3NOS. The minimum Gasteiger partial charge on any atom is -0.398 e. The van der Waals surface area contributed by atoms with Crippen molar-refractivity contribution >= 4 is 17.4 Å². The van der Waals surface area contributed by atoms with Gasteiger partial charge in [-0.25, -0.2) is 0 Å². The molecule has 0 amide bonds. The molecular weight excluding hydrogens is 251 g/mol. The van der Waals surface area contributed by atoms with Crippen molar-refractivity contribution in [2.75, 3.05) is 25.2 Å². The number of alkyl halides is 3. The number of methoxy groups -OCH3 is 1. The first-order valence-corrected chi connectivity index (χ1v) is 6.02. The summed E-state index contributed by atoms with van der Waals surface area (Å²) in [7, 11) is 1.59. The Hall–Kier alpha value is -0.880. The second-order valence-corrected chi connectivity index (χ2v) is 4.61. The molecule has 0 aromatic heterocycles. The van der Waals surface area contributed by atoms with Crippen LogP contribution in [0, 0.1) is 0 Å². The molecule has 2 N–H and O–H groups in total. The Balaban J connectivity index is 2.69. The van der Waals surface area contributed by atoms with Crippen molar-refractivity contribution in [1.29, 1.82) is 0 Å². The zero-order valence-corrected chi connectivity index (χ0v) is 10.2. The van der Waals surface area contributed by atoms with Crippen molar-refractivity contribution in [3.8, 4) is 0 Å². The summed E-state index contributed by atoms with van der Waals surface area (Å²) in [6.45, 7) is 0.605. The van der Waals surface area contributed by atoms with E-state index in [2.05, 4.69) is 0 Å². The van der Waals surface area contributed by atoms with E-state index >= 15 is 0 Å². The van der Waals surface area contributed by atoms with Gasteiger partial charge >= 0.3 is 6.18 Å². The third-order valence-electron chi connectivity index (χ3n) is 2.09. The van der Waals surface area contributed by atoms with Gasteiger partial charge in [-0.3, -0.25) is 0 Å². The SMILES string of the molecule is COCCCSc1ccc(N)c(C(F)(F)F)c1. The summed E-state index contributed by atoms with van der Waals surface area (Å²) in [5, 5.41) is 0. The molecule has 0 fully saturated rings. The largest absolute Gasteiger partial charge is 0.418 e. The van der Waals surface area contributed by atoms with Crippen molar-refractivity contribution in [2.45, 2.75) is 17.5 Å². The van der Waals surface area contributed by atoms with Crippen LogP contribution in [0.15, 0.2) is 23.1 Å². The van der Waals surface area contributed by atoms with E-state index < -0.39 is 11.7 Å². The van der Waals surface area contributed by atoms with Gasteiger partial charge in [0.2, 0.25) is 0 Å². The Kier molecular flexibility index (Phi) is 5.14. The number of halogens is 3. The normalized spacial score (nSPS) is 11.8. The summed E-state index contributed by atoms with van der Waals surface area (Å²) in [5.74, 6) is 0.717. The standard InChI is InChI=1S/C11H14F3NOS/c1-16-5-2-6-17-8-3-4-10(15)9(7-8)11(12,13)14/h3-4,7H,2,5-6,15H2,1H3. The Bertz CT molecular complexity index is 368. The smallest absolute Gasteiger partial charge is 0.398 e. The monoisotopic (exact) mass is 265 g/mol. The molecule has 96 valence electrons. The van der Waals surface area contributed by atoms with Crippen molar-refractivity contribution in [3.05, 3.63) is 23.8 Å². The van der Waals surface area contributed by atoms with Crippen LogP contribution >= 0.6 is 11.8 Å². The number of nitrogen functional groups attached to an aromatic ring is 1. The van der Waals surface area contributed by atoms with E-state index in [1.54, 1.807) is 13.2 Å². The maximum atomic E-state index is 12.6. The van der Waals surface area contributed by atoms with Gasteiger partial charge in [0.1, 0.15) is 0 Å². The Labute approximate surface area is 102 Å². The highest BCUT2D eigenvalue weighted by Gasteiger charge is 2.33. The lowest BCUT2D eigenvalue weighted by Gasteiger charge is -2.11. The topological polar surface area (TPSA) is 35.2 Å². The van der Waals surface area contributed by atoms with Crippen LogP contribution in [0.3, 0.4) is 0 Å². The van der Waals surface area contributed by atoms with Gasteiger partial charge in [-0.15, -0.1) is 11.8 Å². The summed E-state index contributed by atoms with van der Waals surface area (Å²) in [6, 6.07) is 3.98. The number of hydrogen-bond acceptors (Lipinski definition) is 3. The van der Waals surface area contributed by atoms with Crippen LogP contribution in [0.2, 0.25) is 0 Å². The summed E-state index contributed by atoms with van der Waals surface area (Å²) in [6.07, 6.45) is -3.60. The van der Waals surface area contributed by atoms with Crippen LogP contribution in [0.1, 0.15) is 12.0 Å². The maximum Gasteiger partial charge on any atom is 0.418 e. The molecule has 0 spiro atoms. The van der Waals surface area contributed by atoms with Gasteiger partial charge < -0.3 is 10.5 Å². The number of hydrogen-bond donors (Lipinski definition) is 1. The van der Waals surface area contributed by atoms with Crippen LogP contribution in [-0.4, -0.2) is 19.5 Å². The Morgan fingerprint density at radius 3 is 2.65 bits per heavy atom. The molecule has 0 radical (unpaired) electrons. The molecule has 6 heteroatoms. The predicted molar refractivity (Wildman–Crippen MR) is 63.1 cm³/mol. The summed E-state index contributed by atoms with van der Waals surface area (Å²) in [4.78, 5) is 0.572.